The summed E-state index contributed by atoms with van der Waals surface area (Å²) in [5, 5.41) is 2.61. The van der Waals surface area contributed by atoms with Crippen LogP contribution in [0.15, 0.2) is 30.3 Å². The summed E-state index contributed by atoms with van der Waals surface area (Å²) >= 11 is 0. The maximum Gasteiger partial charge on any atom is 0.407 e. The molecule has 0 bridgehead atoms. The van der Waals surface area contributed by atoms with Gasteiger partial charge in [0.25, 0.3) is 10.1 Å². The average Bonchev–Trinajstić information content (AvgIpc) is 2.88. The van der Waals surface area contributed by atoms with Crippen LogP contribution in [0.25, 0.3) is 0 Å². The van der Waals surface area contributed by atoms with Gasteiger partial charge in [0.2, 0.25) is 5.91 Å². The van der Waals surface area contributed by atoms with E-state index in [4.69, 9.17) is 8.92 Å². The fourth-order valence-corrected chi connectivity index (χ4v) is 3.96. The molecule has 0 aliphatic carbocycles. The molecule has 1 aliphatic heterocycles. The molecule has 1 aromatic carbocycles. The number of nitrogens with zero attached hydrogens (tertiary/aromatic N) is 1. The molecule has 0 aromatic heterocycles. The molecule has 1 aromatic rings. The van der Waals surface area contributed by atoms with Gasteiger partial charge in [-0.15, -0.1) is 0 Å². The van der Waals surface area contributed by atoms with Crippen molar-refractivity contribution in [2.45, 2.75) is 51.9 Å². The average molecular weight is 427 g/mol. The predicted molar refractivity (Wildman–Crippen MR) is 109 cm³/mol. The Morgan fingerprint density at radius 1 is 1.28 bits per heavy atom. The second-order valence-corrected chi connectivity index (χ2v) is 9.84. The Morgan fingerprint density at radius 3 is 2.45 bits per heavy atom. The highest BCUT2D eigenvalue weighted by Gasteiger charge is 2.44. The Hall–Kier alpha value is -2.13. The van der Waals surface area contributed by atoms with E-state index >= 15 is 0 Å². The van der Waals surface area contributed by atoms with Gasteiger partial charge < -0.3 is 15.0 Å². The van der Waals surface area contributed by atoms with Crippen molar-refractivity contribution in [3.05, 3.63) is 35.9 Å². The number of benzene rings is 1. The first kappa shape index (κ1) is 23.2. The van der Waals surface area contributed by atoms with Gasteiger partial charge in [-0.1, -0.05) is 30.3 Å². The van der Waals surface area contributed by atoms with E-state index in [2.05, 4.69) is 5.32 Å². The van der Waals surface area contributed by atoms with Gasteiger partial charge in [-0.25, -0.2) is 4.79 Å². The van der Waals surface area contributed by atoms with Crippen LogP contribution in [0.2, 0.25) is 0 Å². The van der Waals surface area contributed by atoms with Crippen molar-refractivity contribution in [2.75, 3.05) is 19.3 Å². The molecule has 1 aliphatic rings. The van der Waals surface area contributed by atoms with Crippen LogP contribution in [-0.2, 0) is 23.8 Å². The second-order valence-electron chi connectivity index (χ2n) is 8.24. The third kappa shape index (κ3) is 7.01. The van der Waals surface area contributed by atoms with Crippen LogP contribution in [0, 0.1) is 5.92 Å². The highest BCUT2D eigenvalue weighted by atomic mass is 32.2. The molecule has 0 spiro atoms. The zero-order chi connectivity index (χ0) is 21.8. The number of hydrogen-bond acceptors (Lipinski definition) is 6. The third-order valence-corrected chi connectivity index (χ3v) is 5.19. The summed E-state index contributed by atoms with van der Waals surface area (Å²) in [5.41, 5.74) is 0.323. The first-order valence-electron chi connectivity index (χ1n) is 9.58. The van der Waals surface area contributed by atoms with Crippen molar-refractivity contribution in [2.24, 2.45) is 5.92 Å². The molecule has 2 amide bonds. The van der Waals surface area contributed by atoms with Crippen molar-refractivity contribution in [1.82, 2.24) is 10.2 Å². The number of amides is 2. The van der Waals surface area contributed by atoms with Gasteiger partial charge in [0.05, 0.1) is 18.2 Å². The number of carbonyl (C=O) groups is 2. The van der Waals surface area contributed by atoms with Crippen LogP contribution in [0.4, 0.5) is 4.79 Å². The summed E-state index contributed by atoms with van der Waals surface area (Å²) in [7, 11) is -3.73. The molecule has 1 heterocycles. The summed E-state index contributed by atoms with van der Waals surface area (Å²) < 4.78 is 33.7. The molecule has 3 atom stereocenters. The maximum atomic E-state index is 13.0. The minimum Gasteiger partial charge on any atom is -0.444 e. The zero-order valence-electron chi connectivity index (χ0n) is 17.5. The monoisotopic (exact) mass is 426 g/mol. The molecular weight excluding hydrogens is 396 g/mol. The van der Waals surface area contributed by atoms with Crippen molar-refractivity contribution >= 4 is 22.1 Å². The van der Waals surface area contributed by atoms with Crippen LogP contribution in [0.1, 0.15) is 45.7 Å². The highest BCUT2D eigenvalue weighted by molar-refractivity contribution is 7.86. The normalized spacial score (nSPS) is 21.1. The Balaban J connectivity index is 2.08. The minimum absolute atomic E-state index is 0.166. The lowest BCUT2D eigenvalue weighted by Gasteiger charge is -2.25. The number of alkyl carbamates (subject to hydrolysis) is 1. The first-order chi connectivity index (χ1) is 13.4. The zero-order valence-corrected chi connectivity index (χ0v) is 18.4. The first-order valence-corrected chi connectivity index (χ1v) is 11.4. The predicted octanol–water partition coefficient (Wildman–Crippen LogP) is 2.47. The van der Waals surface area contributed by atoms with Gasteiger partial charge in [-0.05, 0) is 39.7 Å². The third-order valence-electron chi connectivity index (χ3n) is 4.60. The minimum atomic E-state index is -3.73. The van der Waals surface area contributed by atoms with E-state index < -0.39 is 33.8 Å². The summed E-state index contributed by atoms with van der Waals surface area (Å²) in [6.07, 6.45) is -0.172. The number of carbonyl (C=O) groups excluding carboxylic acids is 2. The number of ether oxygens (including phenoxy) is 1. The van der Waals surface area contributed by atoms with Crippen molar-refractivity contribution in [1.29, 1.82) is 0 Å². The van der Waals surface area contributed by atoms with Gasteiger partial charge in [0.1, 0.15) is 11.7 Å². The molecule has 162 valence electrons. The van der Waals surface area contributed by atoms with Gasteiger partial charge in [-0.3, -0.25) is 8.98 Å². The van der Waals surface area contributed by atoms with Crippen molar-refractivity contribution in [3.63, 3.8) is 0 Å². The fourth-order valence-electron chi connectivity index (χ4n) is 3.32. The largest absolute Gasteiger partial charge is 0.444 e. The van der Waals surface area contributed by atoms with E-state index in [1.54, 1.807) is 25.7 Å². The van der Waals surface area contributed by atoms with Gasteiger partial charge in [0, 0.05) is 13.1 Å². The molecule has 1 unspecified atom stereocenters. The lowest BCUT2D eigenvalue weighted by molar-refractivity contribution is -0.133. The standard InChI is InChI=1S/C20H30N2O6S/c1-14(15-9-7-6-8-10-15)22-13-17(28-29(5,25)26)16(18(22)23)11-12-21-19(24)27-20(2,3)4/h6-10,14,16-17H,11-13H2,1-5H3,(H,21,24)/t14?,16-,17+/m1/s1. The lowest BCUT2D eigenvalue weighted by atomic mass is 10.0. The molecule has 1 N–H and O–H groups in total. The Kier molecular flexibility index (Phi) is 7.29. The summed E-state index contributed by atoms with van der Waals surface area (Å²) in [6.45, 7) is 7.50. The molecule has 1 fully saturated rings. The Bertz CT molecular complexity index is 819. The molecule has 1 saturated heterocycles. The SMILES string of the molecule is CC(c1ccccc1)N1C[C@H](OS(C)(=O)=O)[C@@H](CCNC(=O)OC(C)(C)C)C1=O. The van der Waals surface area contributed by atoms with Crippen LogP contribution >= 0.6 is 0 Å². The van der Waals surface area contributed by atoms with Gasteiger partial charge in [-0.2, -0.15) is 8.42 Å². The topological polar surface area (TPSA) is 102 Å². The quantitative estimate of drug-likeness (QED) is 0.672. The van der Waals surface area contributed by atoms with Crippen LogP contribution < -0.4 is 5.32 Å². The van der Waals surface area contributed by atoms with E-state index in [1.807, 2.05) is 37.3 Å². The van der Waals surface area contributed by atoms with E-state index in [-0.39, 0.29) is 31.5 Å². The second kappa shape index (κ2) is 9.13. The molecule has 9 heteroatoms. The fraction of sp³-hybridized carbons (Fsp3) is 0.600. The molecule has 0 saturated carbocycles. The number of rotatable bonds is 7. The number of nitrogens with one attached hydrogen (secondary N) is 1. The molecule has 0 radical (unpaired) electrons. The van der Waals surface area contributed by atoms with Crippen molar-refractivity contribution in [3.8, 4) is 0 Å². The lowest BCUT2D eigenvalue weighted by Crippen LogP contribution is -2.36. The summed E-state index contributed by atoms with van der Waals surface area (Å²) in [6, 6.07) is 9.28. The molecule has 2 rings (SSSR count). The van der Waals surface area contributed by atoms with E-state index in [0.29, 0.717) is 0 Å². The maximum absolute atomic E-state index is 13.0. The highest BCUT2D eigenvalue weighted by Crippen LogP contribution is 2.32. The van der Waals surface area contributed by atoms with Crippen LogP contribution in [0.5, 0.6) is 0 Å². The smallest absolute Gasteiger partial charge is 0.407 e. The Labute approximate surface area is 172 Å². The Morgan fingerprint density at radius 2 is 1.90 bits per heavy atom. The van der Waals surface area contributed by atoms with E-state index in [0.717, 1.165) is 11.8 Å². The molecular formula is C20H30N2O6S. The van der Waals surface area contributed by atoms with Gasteiger partial charge in [0.15, 0.2) is 0 Å². The van der Waals surface area contributed by atoms with Crippen LogP contribution in [-0.4, -0.2) is 56.4 Å². The number of hydrogen-bond donors (Lipinski definition) is 1. The van der Waals surface area contributed by atoms with Gasteiger partial charge >= 0.3 is 6.09 Å². The van der Waals surface area contributed by atoms with Crippen LogP contribution in [0.3, 0.4) is 0 Å². The van der Waals surface area contributed by atoms with Crippen molar-refractivity contribution < 1.29 is 26.9 Å². The molecule has 29 heavy (non-hydrogen) atoms. The molecule has 8 nitrogen and oxygen atoms in total. The summed E-state index contributed by atoms with van der Waals surface area (Å²) in [4.78, 5) is 26.5. The van der Waals surface area contributed by atoms with E-state index in [9.17, 15) is 18.0 Å². The number of likely N-dealkylation sites (tertiary alicyclic amines) is 1. The summed E-state index contributed by atoms with van der Waals surface area (Å²) in [5.74, 6) is -0.869. The van der Waals surface area contributed by atoms with E-state index in [1.165, 1.54) is 0 Å².